The van der Waals surface area contributed by atoms with Crippen molar-refractivity contribution in [3.8, 4) is 0 Å². The van der Waals surface area contributed by atoms with Crippen molar-refractivity contribution in [3.63, 3.8) is 0 Å². The number of nitrogens with one attached hydrogen (secondary N) is 1. The van der Waals surface area contributed by atoms with Gasteiger partial charge in [0.25, 0.3) is 0 Å². The fourth-order valence-electron chi connectivity index (χ4n) is 2.53. The maximum atomic E-state index is 11.1. The van der Waals surface area contributed by atoms with E-state index in [1.54, 1.807) is 4.68 Å². The molecule has 1 atom stereocenters. The van der Waals surface area contributed by atoms with Crippen LogP contribution in [0.15, 0.2) is 0 Å². The highest BCUT2D eigenvalue weighted by molar-refractivity contribution is 5.85. The Morgan fingerprint density at radius 3 is 2.89 bits per heavy atom. The summed E-state index contributed by atoms with van der Waals surface area (Å²) in [4.78, 5) is 24.3. The molecule has 1 amide bonds. The van der Waals surface area contributed by atoms with Gasteiger partial charge in [0.15, 0.2) is 6.29 Å². The van der Waals surface area contributed by atoms with E-state index in [4.69, 9.17) is 0 Å². The summed E-state index contributed by atoms with van der Waals surface area (Å²) in [7, 11) is 1.83. The number of rotatable bonds is 3. The van der Waals surface area contributed by atoms with Crippen LogP contribution in [0.1, 0.15) is 29.4 Å². The molecular weight excluding hydrogens is 232 g/mol. The van der Waals surface area contributed by atoms with E-state index < -0.39 is 0 Å². The first-order valence-corrected chi connectivity index (χ1v) is 6.03. The predicted octanol–water partition coefficient (Wildman–Crippen LogP) is 0.256. The molecule has 0 bridgehead atoms. The Hall–Kier alpha value is -1.85. The summed E-state index contributed by atoms with van der Waals surface area (Å²) in [6.07, 6.45) is 1.74. The number of hydrogen-bond acceptors (Lipinski definition) is 4. The third-order valence-corrected chi connectivity index (χ3v) is 3.25. The SMILES string of the molecule is CC(=O)NC1CCN(c2c(C=O)c(C)nn2C)C1. The lowest BCUT2D eigenvalue weighted by Gasteiger charge is -2.19. The van der Waals surface area contributed by atoms with E-state index in [1.807, 2.05) is 14.0 Å². The summed E-state index contributed by atoms with van der Waals surface area (Å²) < 4.78 is 1.73. The molecule has 0 aromatic carbocycles. The van der Waals surface area contributed by atoms with Crippen molar-refractivity contribution >= 4 is 18.0 Å². The Labute approximate surface area is 106 Å². The van der Waals surface area contributed by atoms with E-state index in [0.29, 0.717) is 5.56 Å². The standard InChI is InChI=1S/C12H18N4O2/c1-8-11(7-17)12(15(3)14-8)16-5-4-10(6-16)13-9(2)18/h7,10H,4-6H2,1-3H3,(H,13,18). The van der Waals surface area contributed by atoms with Crippen LogP contribution < -0.4 is 10.2 Å². The van der Waals surface area contributed by atoms with Crippen molar-refractivity contribution in [1.82, 2.24) is 15.1 Å². The van der Waals surface area contributed by atoms with Crippen molar-refractivity contribution in [2.45, 2.75) is 26.3 Å². The number of aldehydes is 1. The summed E-state index contributed by atoms with van der Waals surface area (Å²) >= 11 is 0. The minimum Gasteiger partial charge on any atom is -0.354 e. The number of aromatic nitrogens is 2. The molecule has 6 nitrogen and oxygen atoms in total. The average molecular weight is 250 g/mol. The Morgan fingerprint density at radius 1 is 1.56 bits per heavy atom. The van der Waals surface area contributed by atoms with Gasteiger partial charge in [0.1, 0.15) is 5.82 Å². The zero-order valence-electron chi connectivity index (χ0n) is 10.9. The molecule has 0 saturated carbocycles. The Kier molecular flexibility index (Phi) is 3.36. The quantitative estimate of drug-likeness (QED) is 0.781. The van der Waals surface area contributed by atoms with Crippen LogP contribution in [0.25, 0.3) is 0 Å². The van der Waals surface area contributed by atoms with Gasteiger partial charge in [-0.1, -0.05) is 0 Å². The van der Waals surface area contributed by atoms with Gasteiger partial charge in [-0.05, 0) is 13.3 Å². The van der Waals surface area contributed by atoms with Crippen LogP contribution in [0.5, 0.6) is 0 Å². The fraction of sp³-hybridized carbons (Fsp3) is 0.583. The highest BCUT2D eigenvalue weighted by Crippen LogP contribution is 2.25. The molecule has 1 aromatic rings. The lowest BCUT2D eigenvalue weighted by atomic mass is 10.2. The van der Waals surface area contributed by atoms with Crippen LogP contribution in [0.3, 0.4) is 0 Å². The van der Waals surface area contributed by atoms with Gasteiger partial charge >= 0.3 is 0 Å². The molecule has 0 radical (unpaired) electrons. The van der Waals surface area contributed by atoms with E-state index in [2.05, 4.69) is 15.3 Å². The zero-order chi connectivity index (χ0) is 13.3. The van der Waals surface area contributed by atoms with Crippen molar-refractivity contribution in [2.24, 2.45) is 7.05 Å². The van der Waals surface area contributed by atoms with Crippen molar-refractivity contribution in [2.75, 3.05) is 18.0 Å². The van der Waals surface area contributed by atoms with Gasteiger partial charge in [-0.2, -0.15) is 5.10 Å². The summed E-state index contributed by atoms with van der Waals surface area (Å²) in [6, 6.07) is 0.150. The first kappa shape index (κ1) is 12.6. The van der Waals surface area contributed by atoms with Gasteiger partial charge in [0, 0.05) is 33.1 Å². The van der Waals surface area contributed by atoms with Crippen LogP contribution in [-0.2, 0) is 11.8 Å². The average Bonchev–Trinajstić information content (AvgIpc) is 2.81. The van der Waals surface area contributed by atoms with E-state index >= 15 is 0 Å². The summed E-state index contributed by atoms with van der Waals surface area (Å²) in [6.45, 7) is 4.90. The molecule has 0 spiro atoms. The number of amides is 1. The van der Waals surface area contributed by atoms with Gasteiger partial charge in [-0.25, -0.2) is 0 Å². The Balaban J connectivity index is 2.19. The number of carbonyl (C=O) groups is 2. The smallest absolute Gasteiger partial charge is 0.217 e. The molecule has 1 aromatic heterocycles. The first-order chi connectivity index (χ1) is 8.52. The second-order valence-corrected chi connectivity index (χ2v) is 4.70. The monoisotopic (exact) mass is 250 g/mol. The van der Waals surface area contributed by atoms with Gasteiger partial charge in [-0.15, -0.1) is 0 Å². The number of carbonyl (C=O) groups excluding carboxylic acids is 2. The largest absolute Gasteiger partial charge is 0.354 e. The van der Waals surface area contributed by atoms with Crippen molar-refractivity contribution < 1.29 is 9.59 Å². The second-order valence-electron chi connectivity index (χ2n) is 4.70. The van der Waals surface area contributed by atoms with Crippen molar-refractivity contribution in [1.29, 1.82) is 0 Å². The maximum absolute atomic E-state index is 11.1. The van der Waals surface area contributed by atoms with Crippen LogP contribution in [0.2, 0.25) is 0 Å². The fourth-order valence-corrected chi connectivity index (χ4v) is 2.53. The molecule has 2 rings (SSSR count). The van der Waals surface area contributed by atoms with E-state index in [-0.39, 0.29) is 11.9 Å². The molecule has 1 saturated heterocycles. The highest BCUT2D eigenvalue weighted by atomic mass is 16.1. The molecule has 1 fully saturated rings. The number of hydrogen-bond donors (Lipinski definition) is 1. The Bertz CT molecular complexity index is 481. The maximum Gasteiger partial charge on any atom is 0.217 e. The van der Waals surface area contributed by atoms with Crippen LogP contribution >= 0.6 is 0 Å². The summed E-state index contributed by atoms with van der Waals surface area (Å²) in [5, 5.41) is 7.18. The molecular formula is C12H18N4O2. The van der Waals surface area contributed by atoms with Crippen LogP contribution in [-0.4, -0.2) is 41.1 Å². The summed E-state index contributed by atoms with van der Waals surface area (Å²) in [5.41, 5.74) is 1.38. The highest BCUT2D eigenvalue weighted by Gasteiger charge is 2.27. The molecule has 0 aliphatic carbocycles. The zero-order valence-corrected chi connectivity index (χ0v) is 10.9. The molecule has 2 heterocycles. The number of aryl methyl sites for hydroxylation is 2. The third kappa shape index (κ3) is 2.23. The van der Waals surface area contributed by atoms with E-state index in [1.165, 1.54) is 6.92 Å². The molecule has 1 aliphatic heterocycles. The van der Waals surface area contributed by atoms with Gasteiger partial charge in [0.2, 0.25) is 5.91 Å². The van der Waals surface area contributed by atoms with Crippen LogP contribution in [0, 0.1) is 6.92 Å². The first-order valence-electron chi connectivity index (χ1n) is 6.03. The summed E-state index contributed by atoms with van der Waals surface area (Å²) in [5.74, 6) is 0.828. The predicted molar refractivity (Wildman–Crippen MR) is 67.8 cm³/mol. The van der Waals surface area contributed by atoms with Gasteiger partial charge < -0.3 is 10.2 Å². The molecule has 18 heavy (non-hydrogen) atoms. The minimum atomic E-state index is -0.0151. The lowest BCUT2D eigenvalue weighted by molar-refractivity contribution is -0.119. The minimum absolute atomic E-state index is 0.0151. The third-order valence-electron chi connectivity index (χ3n) is 3.25. The van der Waals surface area contributed by atoms with Crippen LogP contribution in [0.4, 0.5) is 5.82 Å². The topological polar surface area (TPSA) is 67.2 Å². The normalized spacial score (nSPS) is 19.1. The Morgan fingerprint density at radius 2 is 2.28 bits per heavy atom. The number of anilines is 1. The molecule has 1 aliphatic rings. The molecule has 98 valence electrons. The van der Waals surface area contributed by atoms with E-state index in [9.17, 15) is 9.59 Å². The van der Waals surface area contributed by atoms with Gasteiger partial charge in [0.05, 0.1) is 11.3 Å². The molecule has 1 unspecified atom stereocenters. The number of nitrogens with zero attached hydrogens (tertiary/aromatic N) is 3. The van der Waals surface area contributed by atoms with Crippen molar-refractivity contribution in [3.05, 3.63) is 11.3 Å². The lowest BCUT2D eigenvalue weighted by Crippen LogP contribution is -2.36. The molecule has 6 heteroatoms. The van der Waals surface area contributed by atoms with Gasteiger partial charge in [-0.3, -0.25) is 14.3 Å². The van der Waals surface area contributed by atoms with E-state index in [0.717, 1.165) is 37.3 Å². The second kappa shape index (κ2) is 4.80. The molecule has 1 N–H and O–H groups in total.